The number of benzene rings is 2. The van der Waals surface area contributed by atoms with E-state index in [-0.39, 0.29) is 18.1 Å². The summed E-state index contributed by atoms with van der Waals surface area (Å²) in [7, 11) is 1.62. The van der Waals surface area contributed by atoms with Gasteiger partial charge in [0.1, 0.15) is 28.4 Å². The Balaban J connectivity index is 1.97. The van der Waals surface area contributed by atoms with Crippen molar-refractivity contribution < 1.29 is 23.8 Å². The Morgan fingerprint density at radius 3 is 2.45 bits per heavy atom. The SMILES string of the molecule is C=C(c1ccc(OC)cc1)c1c(CCC(=O)OC(C)(C)C)oc2ccc(O)cc12. The highest BCUT2D eigenvalue weighted by Gasteiger charge is 2.21. The molecule has 0 bridgehead atoms. The van der Waals surface area contributed by atoms with Crippen molar-refractivity contribution in [1.82, 2.24) is 0 Å². The minimum atomic E-state index is -0.535. The molecule has 1 heterocycles. The Hall–Kier alpha value is -3.21. The van der Waals surface area contributed by atoms with Gasteiger partial charge in [-0.1, -0.05) is 18.7 Å². The smallest absolute Gasteiger partial charge is 0.306 e. The number of aromatic hydroxyl groups is 1. The van der Waals surface area contributed by atoms with Crippen LogP contribution in [0.25, 0.3) is 16.5 Å². The summed E-state index contributed by atoms with van der Waals surface area (Å²) in [5, 5.41) is 10.7. The molecule has 2 aromatic carbocycles. The van der Waals surface area contributed by atoms with E-state index in [0.29, 0.717) is 17.8 Å². The first-order valence-corrected chi connectivity index (χ1v) is 9.48. The second-order valence-electron chi connectivity index (χ2n) is 7.87. The first-order valence-electron chi connectivity index (χ1n) is 9.48. The van der Waals surface area contributed by atoms with Crippen LogP contribution in [0.3, 0.4) is 0 Å². The third-order valence-corrected chi connectivity index (χ3v) is 4.46. The molecule has 0 fully saturated rings. The van der Waals surface area contributed by atoms with E-state index in [1.807, 2.05) is 45.0 Å². The minimum absolute atomic E-state index is 0.140. The van der Waals surface area contributed by atoms with Crippen molar-refractivity contribution in [2.75, 3.05) is 7.11 Å². The van der Waals surface area contributed by atoms with Gasteiger partial charge in [-0.2, -0.15) is 0 Å². The van der Waals surface area contributed by atoms with Crippen molar-refractivity contribution >= 4 is 22.5 Å². The maximum Gasteiger partial charge on any atom is 0.306 e. The Labute approximate surface area is 170 Å². The highest BCUT2D eigenvalue weighted by Crippen LogP contribution is 2.37. The maximum atomic E-state index is 12.2. The summed E-state index contributed by atoms with van der Waals surface area (Å²) in [6, 6.07) is 12.5. The van der Waals surface area contributed by atoms with Gasteiger partial charge in [-0.25, -0.2) is 0 Å². The van der Waals surface area contributed by atoms with Gasteiger partial charge in [-0.15, -0.1) is 0 Å². The molecule has 5 nitrogen and oxygen atoms in total. The molecule has 0 amide bonds. The fraction of sp³-hybridized carbons (Fsp3) is 0.292. The van der Waals surface area contributed by atoms with Crippen molar-refractivity contribution in [3.63, 3.8) is 0 Å². The molecule has 0 unspecified atom stereocenters. The molecule has 0 aliphatic carbocycles. The zero-order valence-corrected chi connectivity index (χ0v) is 17.2. The molecule has 152 valence electrons. The van der Waals surface area contributed by atoms with Crippen LogP contribution in [0.4, 0.5) is 0 Å². The van der Waals surface area contributed by atoms with Crippen LogP contribution in [0.5, 0.6) is 11.5 Å². The molecule has 5 heteroatoms. The number of fused-ring (bicyclic) bond motifs is 1. The van der Waals surface area contributed by atoms with E-state index in [1.54, 1.807) is 25.3 Å². The highest BCUT2D eigenvalue weighted by atomic mass is 16.6. The van der Waals surface area contributed by atoms with Gasteiger partial charge in [0, 0.05) is 17.4 Å². The average molecular weight is 394 g/mol. The van der Waals surface area contributed by atoms with Gasteiger partial charge in [-0.3, -0.25) is 4.79 Å². The Morgan fingerprint density at radius 1 is 1.14 bits per heavy atom. The fourth-order valence-corrected chi connectivity index (χ4v) is 3.19. The zero-order valence-electron chi connectivity index (χ0n) is 17.2. The molecule has 0 spiro atoms. The van der Waals surface area contributed by atoms with Gasteiger partial charge >= 0.3 is 5.97 Å². The fourth-order valence-electron chi connectivity index (χ4n) is 3.19. The first kappa shape index (κ1) is 20.5. The average Bonchev–Trinajstić information content (AvgIpc) is 3.02. The number of carbonyl (C=O) groups excluding carboxylic acids is 1. The number of carbonyl (C=O) groups is 1. The number of aryl methyl sites for hydroxylation is 1. The van der Waals surface area contributed by atoms with E-state index < -0.39 is 5.60 Å². The van der Waals surface area contributed by atoms with Crippen LogP contribution in [0.1, 0.15) is 44.1 Å². The first-order chi connectivity index (χ1) is 13.7. The monoisotopic (exact) mass is 394 g/mol. The van der Waals surface area contributed by atoms with E-state index in [4.69, 9.17) is 13.9 Å². The molecule has 0 aliphatic heterocycles. The quantitative estimate of drug-likeness (QED) is 0.561. The Kier molecular flexibility index (Phi) is 5.69. The number of esters is 1. The van der Waals surface area contributed by atoms with Gasteiger partial charge in [0.15, 0.2) is 0 Å². The lowest BCUT2D eigenvalue weighted by Crippen LogP contribution is -2.24. The maximum absolute atomic E-state index is 12.2. The summed E-state index contributed by atoms with van der Waals surface area (Å²) in [5.74, 6) is 1.24. The predicted octanol–water partition coefficient (Wildman–Crippen LogP) is 5.48. The van der Waals surface area contributed by atoms with Gasteiger partial charge in [0.25, 0.3) is 0 Å². The molecule has 0 saturated carbocycles. The third-order valence-electron chi connectivity index (χ3n) is 4.46. The van der Waals surface area contributed by atoms with Crippen molar-refractivity contribution in [2.45, 2.75) is 39.2 Å². The van der Waals surface area contributed by atoms with Gasteiger partial charge in [-0.05, 0) is 62.2 Å². The van der Waals surface area contributed by atoms with Crippen LogP contribution in [0.15, 0.2) is 53.5 Å². The Morgan fingerprint density at radius 2 is 1.83 bits per heavy atom. The largest absolute Gasteiger partial charge is 0.508 e. The number of hydrogen-bond donors (Lipinski definition) is 1. The number of furan rings is 1. The summed E-state index contributed by atoms with van der Waals surface area (Å²) in [6.07, 6.45) is 0.556. The molecule has 29 heavy (non-hydrogen) atoms. The second kappa shape index (κ2) is 8.03. The highest BCUT2D eigenvalue weighted by molar-refractivity contribution is 5.97. The van der Waals surface area contributed by atoms with Crippen LogP contribution in [-0.2, 0) is 16.0 Å². The topological polar surface area (TPSA) is 68.9 Å². The number of ether oxygens (including phenoxy) is 2. The van der Waals surface area contributed by atoms with E-state index in [2.05, 4.69) is 6.58 Å². The van der Waals surface area contributed by atoms with Gasteiger partial charge in [0.2, 0.25) is 0 Å². The third kappa shape index (κ3) is 4.80. The lowest BCUT2D eigenvalue weighted by molar-refractivity contribution is -0.154. The molecule has 0 aliphatic rings. The molecular formula is C24H26O5. The number of phenols is 1. The zero-order chi connectivity index (χ0) is 21.2. The summed E-state index contributed by atoms with van der Waals surface area (Å²) in [6.45, 7) is 9.77. The van der Waals surface area contributed by atoms with Crippen LogP contribution in [0.2, 0.25) is 0 Å². The van der Waals surface area contributed by atoms with Crippen LogP contribution < -0.4 is 4.74 Å². The number of hydrogen-bond acceptors (Lipinski definition) is 5. The van der Waals surface area contributed by atoms with Gasteiger partial charge < -0.3 is 19.0 Å². The van der Waals surface area contributed by atoms with E-state index in [9.17, 15) is 9.90 Å². The predicted molar refractivity (Wildman–Crippen MR) is 113 cm³/mol. The van der Waals surface area contributed by atoms with Crippen LogP contribution in [-0.4, -0.2) is 23.8 Å². The van der Waals surface area contributed by atoms with Crippen molar-refractivity contribution in [3.8, 4) is 11.5 Å². The van der Waals surface area contributed by atoms with Crippen LogP contribution in [0, 0.1) is 0 Å². The van der Waals surface area contributed by atoms with Crippen molar-refractivity contribution in [3.05, 3.63) is 65.9 Å². The minimum Gasteiger partial charge on any atom is -0.508 e. The standard InChI is InChI=1S/C24H26O5/c1-15(16-6-9-18(27-5)10-7-16)23-19-14-17(25)8-11-20(19)28-21(23)12-13-22(26)29-24(2,3)4/h6-11,14,25H,1,12-13H2,2-5H3. The molecule has 3 rings (SSSR count). The molecule has 0 atom stereocenters. The summed E-state index contributed by atoms with van der Waals surface area (Å²) in [5.41, 5.74) is 2.52. The van der Waals surface area contributed by atoms with Crippen LogP contribution >= 0.6 is 0 Å². The molecule has 0 radical (unpaired) electrons. The molecule has 3 aromatic rings. The summed E-state index contributed by atoms with van der Waals surface area (Å²) in [4.78, 5) is 12.2. The lowest BCUT2D eigenvalue weighted by Gasteiger charge is -2.19. The van der Waals surface area contributed by atoms with E-state index in [1.165, 1.54) is 0 Å². The molecule has 1 N–H and O–H groups in total. The van der Waals surface area contributed by atoms with Gasteiger partial charge in [0.05, 0.1) is 13.5 Å². The molecular weight excluding hydrogens is 368 g/mol. The molecule has 1 aromatic heterocycles. The van der Waals surface area contributed by atoms with Crippen molar-refractivity contribution in [1.29, 1.82) is 0 Å². The number of methoxy groups -OCH3 is 1. The number of phenolic OH excluding ortho intramolecular Hbond substituents is 1. The number of rotatable bonds is 6. The summed E-state index contributed by atoms with van der Waals surface area (Å²) >= 11 is 0. The molecule has 0 saturated heterocycles. The van der Waals surface area contributed by atoms with Crippen molar-refractivity contribution in [2.24, 2.45) is 0 Å². The van der Waals surface area contributed by atoms with E-state index in [0.717, 1.165) is 27.8 Å². The lowest BCUT2D eigenvalue weighted by atomic mass is 9.95. The summed E-state index contributed by atoms with van der Waals surface area (Å²) < 4.78 is 16.6. The van der Waals surface area contributed by atoms with E-state index >= 15 is 0 Å². The normalized spacial score (nSPS) is 11.4. The second-order valence-corrected chi connectivity index (χ2v) is 7.87. The Bertz CT molecular complexity index is 1040.